The maximum atomic E-state index is 4.93. The van der Waals surface area contributed by atoms with Crippen molar-refractivity contribution in [2.24, 2.45) is 0 Å². The molecule has 80 valence electrons. The molecule has 1 heterocycles. The molecule has 4 heteroatoms. The van der Waals surface area contributed by atoms with E-state index < -0.39 is 0 Å². The molecular weight excluding hydrogens is 638 g/mol. The van der Waals surface area contributed by atoms with Crippen molar-refractivity contribution in [1.29, 1.82) is 0 Å². The summed E-state index contributed by atoms with van der Waals surface area (Å²) in [5, 5.41) is 0. The molecule has 0 bridgehead atoms. The smallest absolute Gasteiger partial charge is 0.664 e. The molecule has 15 heavy (non-hydrogen) atoms. The molecule has 2 nitrogen and oxygen atoms in total. The van der Waals surface area contributed by atoms with Gasteiger partial charge < -0.3 is 12.2 Å². The van der Waals surface area contributed by atoms with Gasteiger partial charge in [0.2, 0.25) is 0 Å². The van der Waals surface area contributed by atoms with E-state index in [1.165, 1.54) is 6.42 Å². The summed E-state index contributed by atoms with van der Waals surface area (Å²) in [4.78, 5) is 4.22. The Bertz CT molecular complexity index is 244. The van der Waals surface area contributed by atoms with Gasteiger partial charge in [-0.25, -0.2) is 0 Å². The summed E-state index contributed by atoms with van der Waals surface area (Å²) in [5.74, 6) is 0.797. The van der Waals surface area contributed by atoms with Gasteiger partial charge in [-0.05, 0) is 25.0 Å². The minimum atomic E-state index is 0. The standard InChI is InChI=1S/C10H14NO.CH3.2U/c1-3-4-6-9-10(12-2)7-5-8-11-9;;;/h5,7-8H,2-4,6H2,1H3;1H3;;/q2*-1;;+2. The van der Waals surface area contributed by atoms with Gasteiger partial charge >= 0.3 is 31.1 Å². The molecule has 0 aromatic carbocycles. The molecule has 0 amide bonds. The monoisotopic (exact) mass is 655 g/mol. The molecular formula is C11H17NOU2. The third-order valence-corrected chi connectivity index (χ3v) is 1.77. The van der Waals surface area contributed by atoms with Crippen LogP contribution in [0.2, 0.25) is 0 Å². The summed E-state index contributed by atoms with van der Waals surface area (Å²) in [7, 11) is 3.38. The van der Waals surface area contributed by atoms with Crippen LogP contribution in [0.5, 0.6) is 5.75 Å². The maximum absolute atomic E-state index is 4.93. The van der Waals surface area contributed by atoms with Gasteiger partial charge in [0, 0.05) is 37.3 Å². The number of pyridine rings is 1. The van der Waals surface area contributed by atoms with Gasteiger partial charge in [-0.3, -0.25) is 4.98 Å². The average molecular weight is 655 g/mol. The van der Waals surface area contributed by atoms with Crippen LogP contribution in [0.15, 0.2) is 18.3 Å². The summed E-state index contributed by atoms with van der Waals surface area (Å²) < 4.78 is 4.93. The van der Waals surface area contributed by atoms with E-state index in [1.54, 1.807) is 6.20 Å². The van der Waals surface area contributed by atoms with Crippen LogP contribution < -0.4 is 4.74 Å². The van der Waals surface area contributed by atoms with Crippen molar-refractivity contribution < 1.29 is 67.0 Å². The molecule has 1 aromatic rings. The first-order chi connectivity index (χ1) is 5.88. The second-order valence-corrected chi connectivity index (χ2v) is 2.70. The minimum absolute atomic E-state index is 0. The molecule has 0 spiro atoms. The third kappa shape index (κ3) is 7.87. The fourth-order valence-corrected chi connectivity index (χ4v) is 1.09. The molecule has 0 fully saturated rings. The van der Waals surface area contributed by atoms with Crippen molar-refractivity contribution in [3.8, 4) is 5.75 Å². The van der Waals surface area contributed by atoms with E-state index >= 15 is 0 Å². The molecule has 0 radical (unpaired) electrons. The Hall–Kier alpha value is 1.05. The van der Waals surface area contributed by atoms with Crippen LogP contribution in [0.4, 0.5) is 0 Å². The van der Waals surface area contributed by atoms with Gasteiger partial charge in [0.25, 0.3) is 0 Å². The molecule has 0 N–H and O–H groups in total. The van der Waals surface area contributed by atoms with Gasteiger partial charge in [-0.15, -0.1) is 0 Å². The Labute approximate surface area is 141 Å². The van der Waals surface area contributed by atoms with Crippen molar-refractivity contribution in [3.63, 3.8) is 0 Å². The van der Waals surface area contributed by atoms with Crippen LogP contribution >= 0.6 is 0 Å². The third-order valence-electron chi connectivity index (χ3n) is 1.77. The van der Waals surface area contributed by atoms with E-state index in [4.69, 9.17) is 4.74 Å². The Morgan fingerprint density at radius 1 is 1.47 bits per heavy atom. The van der Waals surface area contributed by atoms with Crippen LogP contribution in [-0.4, -0.2) is 4.98 Å². The molecule has 0 saturated heterocycles. The molecule has 0 saturated carbocycles. The zero-order valence-electron chi connectivity index (χ0n) is 9.42. The molecule has 0 aliphatic rings. The van der Waals surface area contributed by atoms with Crippen molar-refractivity contribution in [1.82, 2.24) is 4.98 Å². The summed E-state index contributed by atoms with van der Waals surface area (Å²) >= 11 is 0. The average Bonchev–Trinajstić information content (AvgIpc) is 2.15. The SMILES string of the molecule is [CH2-]Oc1cccnc1CCCC.[CH3-].[U+2].[U]. The molecule has 0 atom stereocenters. The van der Waals surface area contributed by atoms with Crippen LogP contribution in [0, 0.1) is 76.8 Å². The van der Waals surface area contributed by atoms with E-state index in [2.05, 4.69) is 19.0 Å². The summed E-state index contributed by atoms with van der Waals surface area (Å²) in [6.45, 7) is 2.16. The Morgan fingerprint density at radius 2 is 2.13 bits per heavy atom. The predicted octanol–water partition coefficient (Wildman–Crippen LogP) is 3.04. The Morgan fingerprint density at radius 3 is 2.67 bits per heavy atom. The first-order valence-corrected chi connectivity index (χ1v) is 4.24. The number of hydrogen-bond acceptors (Lipinski definition) is 2. The molecule has 0 aliphatic heterocycles. The van der Waals surface area contributed by atoms with Crippen LogP contribution in [0.1, 0.15) is 25.5 Å². The van der Waals surface area contributed by atoms with Gasteiger partial charge in [-0.2, -0.15) is 7.11 Å². The summed E-state index contributed by atoms with van der Waals surface area (Å²) in [5.41, 5.74) is 1.01. The Kier molecular flexibility index (Phi) is 18.7. The molecule has 1 rings (SSSR count). The maximum Gasteiger partial charge on any atom is 2.00 e. The van der Waals surface area contributed by atoms with Crippen LogP contribution in [-0.2, 0) is 6.42 Å². The van der Waals surface area contributed by atoms with E-state index in [9.17, 15) is 0 Å². The number of hydrogen-bond donors (Lipinski definition) is 0. The number of ether oxygens (including phenoxy) is 1. The summed E-state index contributed by atoms with van der Waals surface area (Å²) in [6.07, 6.45) is 5.08. The molecule has 0 unspecified atom stereocenters. The van der Waals surface area contributed by atoms with Crippen LogP contribution in [0.3, 0.4) is 0 Å². The molecule has 0 aliphatic carbocycles. The van der Waals surface area contributed by atoms with Crippen molar-refractivity contribution >= 4 is 0 Å². The number of aryl methyl sites for hydroxylation is 1. The van der Waals surface area contributed by atoms with Crippen molar-refractivity contribution in [2.45, 2.75) is 26.2 Å². The van der Waals surface area contributed by atoms with E-state index in [0.717, 1.165) is 24.3 Å². The van der Waals surface area contributed by atoms with Crippen LogP contribution in [0.25, 0.3) is 0 Å². The van der Waals surface area contributed by atoms with Gasteiger partial charge in [-0.1, -0.05) is 13.3 Å². The largest absolute Gasteiger partial charge is 2.00 e. The van der Waals surface area contributed by atoms with Crippen molar-refractivity contribution in [2.75, 3.05) is 0 Å². The number of nitrogens with zero attached hydrogens (tertiary/aromatic N) is 1. The van der Waals surface area contributed by atoms with E-state index in [0.29, 0.717) is 0 Å². The second-order valence-electron chi connectivity index (χ2n) is 2.70. The van der Waals surface area contributed by atoms with Crippen molar-refractivity contribution in [3.05, 3.63) is 38.6 Å². The predicted molar refractivity (Wildman–Crippen MR) is 55.2 cm³/mol. The first-order valence-electron chi connectivity index (χ1n) is 4.24. The molecule has 1 aromatic heterocycles. The fourth-order valence-electron chi connectivity index (χ4n) is 1.09. The quantitative estimate of drug-likeness (QED) is 0.466. The second kappa shape index (κ2) is 13.1. The number of rotatable bonds is 4. The zero-order chi connectivity index (χ0) is 8.81. The normalized spacial score (nSPS) is 7.87. The van der Waals surface area contributed by atoms with E-state index in [-0.39, 0.29) is 69.7 Å². The van der Waals surface area contributed by atoms with Gasteiger partial charge in [0.15, 0.2) is 0 Å². The fraction of sp³-hybridized carbons (Fsp3) is 0.364. The topological polar surface area (TPSA) is 22.1 Å². The summed E-state index contributed by atoms with van der Waals surface area (Å²) in [6, 6.07) is 3.75. The number of aromatic nitrogens is 1. The first kappa shape index (κ1) is 21.4. The minimum Gasteiger partial charge on any atom is -0.664 e. The zero-order valence-corrected chi connectivity index (χ0v) is 17.7. The van der Waals surface area contributed by atoms with E-state index in [1.807, 2.05) is 12.1 Å². The van der Waals surface area contributed by atoms with Gasteiger partial charge in [0.1, 0.15) is 5.75 Å². The van der Waals surface area contributed by atoms with Gasteiger partial charge in [0.05, 0.1) is 5.69 Å². The number of unbranched alkanes of at least 4 members (excludes halogenated alkanes) is 1. The Balaban J connectivity index is -0.000000480.